The molecule has 0 spiro atoms. The molecule has 0 aliphatic heterocycles. The molecule has 0 amide bonds. The number of hydrogen-bond donors (Lipinski definition) is 1. The van der Waals surface area contributed by atoms with Gasteiger partial charge in [-0.15, -0.1) is 0 Å². The molecule has 0 saturated heterocycles. The summed E-state index contributed by atoms with van der Waals surface area (Å²) < 4.78 is 6.33. The number of para-hydroxylation sites is 1. The van der Waals surface area contributed by atoms with Crippen LogP contribution in [0.25, 0.3) is 10.4 Å². The van der Waals surface area contributed by atoms with Crippen molar-refractivity contribution in [1.82, 2.24) is 9.97 Å². The first-order chi connectivity index (χ1) is 15.8. The summed E-state index contributed by atoms with van der Waals surface area (Å²) in [5, 5.41) is 4.31. The monoisotopic (exact) mass is 457 g/mol. The van der Waals surface area contributed by atoms with E-state index in [0.29, 0.717) is 11.8 Å². The van der Waals surface area contributed by atoms with Crippen LogP contribution in [-0.4, -0.2) is 9.97 Å². The summed E-state index contributed by atoms with van der Waals surface area (Å²) in [6, 6.07) is 22.5. The van der Waals surface area contributed by atoms with Gasteiger partial charge >= 0.3 is 0 Å². The van der Waals surface area contributed by atoms with Gasteiger partial charge in [-0.2, -0.15) is 0 Å². The lowest BCUT2D eigenvalue weighted by molar-refractivity contribution is 0.442. The third kappa shape index (κ3) is 5.60. The fraction of sp³-hybridized carbons (Fsp3) is 0.286. The van der Waals surface area contributed by atoms with E-state index in [0.717, 1.165) is 34.2 Å². The lowest BCUT2D eigenvalue weighted by atomic mass is 9.86. The van der Waals surface area contributed by atoms with Gasteiger partial charge in [0.2, 0.25) is 5.88 Å². The zero-order valence-corrected chi connectivity index (χ0v) is 20.7. The van der Waals surface area contributed by atoms with Crippen LogP contribution in [0.4, 0.5) is 10.8 Å². The molecule has 0 fully saturated rings. The average molecular weight is 458 g/mol. The second-order valence-corrected chi connectivity index (χ2v) is 10.6. The van der Waals surface area contributed by atoms with Gasteiger partial charge in [0.05, 0.1) is 10.6 Å². The maximum absolute atomic E-state index is 6.33. The summed E-state index contributed by atoms with van der Waals surface area (Å²) in [7, 11) is 0. The number of pyridine rings is 1. The highest BCUT2D eigenvalue weighted by molar-refractivity contribution is 7.19. The fourth-order valence-corrected chi connectivity index (χ4v) is 4.72. The minimum Gasteiger partial charge on any atom is -0.437 e. The minimum absolute atomic E-state index is 0.0371. The Morgan fingerprint density at radius 3 is 2.39 bits per heavy atom. The molecule has 2 heterocycles. The van der Waals surface area contributed by atoms with Crippen LogP contribution in [0.2, 0.25) is 0 Å². The van der Waals surface area contributed by atoms with Crippen molar-refractivity contribution in [2.45, 2.75) is 46.5 Å². The number of nitrogens with zero attached hydrogens (tertiary/aromatic N) is 2. The molecule has 0 bridgehead atoms. The van der Waals surface area contributed by atoms with Gasteiger partial charge < -0.3 is 10.1 Å². The van der Waals surface area contributed by atoms with Gasteiger partial charge in [-0.3, -0.25) is 0 Å². The van der Waals surface area contributed by atoms with Crippen LogP contribution >= 0.6 is 11.3 Å². The summed E-state index contributed by atoms with van der Waals surface area (Å²) in [5.74, 6) is 1.88. The molecule has 0 radical (unpaired) electrons. The predicted molar refractivity (Wildman–Crippen MR) is 139 cm³/mol. The lowest BCUT2D eigenvalue weighted by Gasteiger charge is -2.22. The Labute approximate surface area is 200 Å². The third-order valence-corrected chi connectivity index (χ3v) is 6.31. The molecule has 170 valence electrons. The van der Waals surface area contributed by atoms with Gasteiger partial charge in [0.15, 0.2) is 5.13 Å². The van der Waals surface area contributed by atoms with Crippen molar-refractivity contribution < 1.29 is 4.74 Å². The van der Waals surface area contributed by atoms with Crippen molar-refractivity contribution in [3.8, 4) is 22.1 Å². The first kappa shape index (κ1) is 23.0. The molecule has 0 unspecified atom stereocenters. The molecule has 0 aliphatic carbocycles. The Balaban J connectivity index is 1.66. The molecule has 4 nitrogen and oxygen atoms in total. The van der Waals surface area contributed by atoms with Crippen molar-refractivity contribution in [2.24, 2.45) is 5.92 Å². The number of hydrogen-bond acceptors (Lipinski definition) is 5. The first-order valence-electron chi connectivity index (χ1n) is 11.4. The maximum Gasteiger partial charge on any atom is 0.243 e. The number of rotatable bonds is 7. The van der Waals surface area contributed by atoms with Crippen molar-refractivity contribution in [3.05, 3.63) is 84.2 Å². The molecule has 0 aliphatic rings. The normalized spacial score (nSPS) is 11.6. The van der Waals surface area contributed by atoms with Crippen molar-refractivity contribution in [3.63, 3.8) is 0 Å². The van der Waals surface area contributed by atoms with E-state index in [-0.39, 0.29) is 5.41 Å². The number of ether oxygens (including phenoxy) is 1. The summed E-state index contributed by atoms with van der Waals surface area (Å²) in [6.45, 7) is 11.0. The molecule has 1 N–H and O–H groups in total. The van der Waals surface area contributed by atoms with Crippen molar-refractivity contribution in [2.75, 3.05) is 5.32 Å². The predicted octanol–water partition coefficient (Wildman–Crippen LogP) is 8.24. The van der Waals surface area contributed by atoms with Gasteiger partial charge in [0, 0.05) is 11.8 Å². The number of thiazole rings is 1. The molecule has 5 heteroatoms. The molecule has 4 rings (SSSR count). The number of aromatic nitrogens is 2. The summed E-state index contributed by atoms with van der Waals surface area (Å²) in [5.41, 5.74) is 4.21. The standard InChI is InChI=1S/C28H31N3OS/c1-19(2)18-23-25(20-12-7-6-8-13-20)33-27(31-23)30-22-15-11-17-29-26(22)32-24-16-10-9-14-21(24)28(3,4)5/h6-17,19H,18H2,1-5H3,(H,30,31). The summed E-state index contributed by atoms with van der Waals surface area (Å²) in [6.07, 6.45) is 2.68. The zero-order valence-electron chi connectivity index (χ0n) is 19.9. The average Bonchev–Trinajstić information content (AvgIpc) is 3.17. The zero-order chi connectivity index (χ0) is 23.4. The van der Waals surface area contributed by atoms with Gasteiger partial charge in [0.1, 0.15) is 11.4 Å². The SMILES string of the molecule is CC(C)Cc1nc(Nc2cccnc2Oc2ccccc2C(C)(C)C)sc1-c1ccccc1. The van der Waals surface area contributed by atoms with Crippen LogP contribution in [0.5, 0.6) is 11.6 Å². The Bertz CT molecular complexity index is 1210. The van der Waals surface area contributed by atoms with Crippen LogP contribution < -0.4 is 10.1 Å². The Morgan fingerprint density at radius 1 is 0.939 bits per heavy atom. The third-order valence-electron chi connectivity index (χ3n) is 5.25. The topological polar surface area (TPSA) is 47.0 Å². The number of anilines is 2. The van der Waals surface area contributed by atoms with Gasteiger partial charge in [0.25, 0.3) is 0 Å². The smallest absolute Gasteiger partial charge is 0.243 e. The van der Waals surface area contributed by atoms with Crippen LogP contribution in [0.3, 0.4) is 0 Å². The van der Waals surface area contributed by atoms with Gasteiger partial charge in [-0.25, -0.2) is 9.97 Å². The van der Waals surface area contributed by atoms with E-state index in [4.69, 9.17) is 9.72 Å². The lowest BCUT2D eigenvalue weighted by Crippen LogP contribution is -2.12. The molecular weight excluding hydrogens is 426 g/mol. The molecular formula is C28H31N3OS. The highest BCUT2D eigenvalue weighted by Crippen LogP contribution is 2.39. The summed E-state index contributed by atoms with van der Waals surface area (Å²) >= 11 is 1.67. The fourth-order valence-electron chi connectivity index (χ4n) is 3.71. The molecule has 2 aromatic carbocycles. The van der Waals surface area contributed by atoms with E-state index >= 15 is 0 Å². The van der Waals surface area contributed by atoms with Crippen molar-refractivity contribution in [1.29, 1.82) is 0 Å². The largest absolute Gasteiger partial charge is 0.437 e. The summed E-state index contributed by atoms with van der Waals surface area (Å²) in [4.78, 5) is 10.7. The molecule has 4 aromatic rings. The highest BCUT2D eigenvalue weighted by atomic mass is 32.1. The molecule has 0 atom stereocenters. The quantitative estimate of drug-likeness (QED) is 0.303. The Morgan fingerprint density at radius 2 is 1.67 bits per heavy atom. The van der Waals surface area contributed by atoms with Crippen LogP contribution in [0, 0.1) is 5.92 Å². The van der Waals surface area contributed by atoms with E-state index in [1.165, 1.54) is 10.4 Å². The molecule has 33 heavy (non-hydrogen) atoms. The minimum atomic E-state index is -0.0371. The van der Waals surface area contributed by atoms with E-state index in [2.05, 4.69) is 75.3 Å². The van der Waals surface area contributed by atoms with Gasteiger partial charge in [-0.1, -0.05) is 94.5 Å². The van der Waals surface area contributed by atoms with E-state index in [9.17, 15) is 0 Å². The van der Waals surface area contributed by atoms with Crippen LogP contribution in [0.15, 0.2) is 72.9 Å². The Kier molecular flexibility index (Phi) is 6.80. The highest BCUT2D eigenvalue weighted by Gasteiger charge is 2.20. The maximum atomic E-state index is 6.33. The molecule has 0 saturated carbocycles. The first-order valence-corrected chi connectivity index (χ1v) is 12.2. The van der Waals surface area contributed by atoms with Crippen LogP contribution in [0.1, 0.15) is 45.9 Å². The van der Waals surface area contributed by atoms with Gasteiger partial charge in [-0.05, 0) is 41.5 Å². The van der Waals surface area contributed by atoms with Crippen molar-refractivity contribution >= 4 is 22.2 Å². The van der Waals surface area contributed by atoms with E-state index < -0.39 is 0 Å². The second-order valence-electron chi connectivity index (χ2n) is 9.59. The molecule has 2 aromatic heterocycles. The van der Waals surface area contributed by atoms with Crippen LogP contribution in [-0.2, 0) is 11.8 Å². The van der Waals surface area contributed by atoms with E-state index in [1.807, 2.05) is 36.4 Å². The second kappa shape index (κ2) is 9.75. The Hall–Kier alpha value is -3.18. The number of nitrogens with one attached hydrogen (secondary N) is 1. The number of benzene rings is 2. The van der Waals surface area contributed by atoms with E-state index in [1.54, 1.807) is 17.5 Å².